The fourth-order valence-corrected chi connectivity index (χ4v) is 3.53. The van der Waals surface area contributed by atoms with Gasteiger partial charge in [0.2, 0.25) is 0 Å². The van der Waals surface area contributed by atoms with Gasteiger partial charge in [0.25, 0.3) is 0 Å². The van der Waals surface area contributed by atoms with Gasteiger partial charge >= 0.3 is 0 Å². The van der Waals surface area contributed by atoms with E-state index in [-0.39, 0.29) is 0 Å². The van der Waals surface area contributed by atoms with Crippen molar-refractivity contribution in [2.45, 2.75) is 41.5 Å². The number of hydrogen-bond donors (Lipinski definition) is 0. The Morgan fingerprint density at radius 3 is 1.07 bits per heavy atom. The first-order chi connectivity index (χ1) is 13.4. The van der Waals surface area contributed by atoms with Gasteiger partial charge in [-0.15, -0.1) is 0 Å². The molecule has 0 radical (unpaired) electrons. The maximum atomic E-state index is 4.65. The van der Waals surface area contributed by atoms with Crippen LogP contribution in [0, 0.1) is 41.5 Å². The standard InChI is InChI=1S/C24H26N4/c1-15-17(3)25-27(19(15)5)23-11-7-21(8-12-23)22-9-13-24(14-10-22)28-20(6)16(2)18(4)26-28/h7-14H,1-6H3. The molecule has 142 valence electrons. The summed E-state index contributed by atoms with van der Waals surface area (Å²) < 4.78 is 4.03. The average molecular weight is 371 g/mol. The average Bonchev–Trinajstić information content (AvgIpc) is 3.13. The van der Waals surface area contributed by atoms with Gasteiger partial charge < -0.3 is 0 Å². The van der Waals surface area contributed by atoms with E-state index in [0.717, 1.165) is 22.8 Å². The number of aromatic nitrogens is 4. The monoisotopic (exact) mass is 370 g/mol. The van der Waals surface area contributed by atoms with E-state index in [9.17, 15) is 0 Å². The first-order valence-electron chi connectivity index (χ1n) is 9.63. The summed E-state index contributed by atoms with van der Waals surface area (Å²) in [5, 5.41) is 9.30. The third-order valence-electron chi connectivity index (χ3n) is 5.86. The molecule has 0 atom stereocenters. The minimum absolute atomic E-state index is 1.08. The molecule has 0 bridgehead atoms. The van der Waals surface area contributed by atoms with Crippen LogP contribution in [0.1, 0.15) is 33.9 Å². The second-order valence-electron chi connectivity index (χ2n) is 7.51. The SMILES string of the molecule is Cc1nn(-c2ccc(-c3ccc(-n4nc(C)c(C)c4C)cc3)cc2)c(C)c1C. The summed E-state index contributed by atoms with van der Waals surface area (Å²) in [6, 6.07) is 17.2. The smallest absolute Gasteiger partial charge is 0.0649 e. The molecule has 2 heterocycles. The zero-order valence-electron chi connectivity index (χ0n) is 17.4. The molecule has 28 heavy (non-hydrogen) atoms. The van der Waals surface area contributed by atoms with Gasteiger partial charge in [0, 0.05) is 11.4 Å². The molecule has 4 aromatic rings. The lowest BCUT2D eigenvalue weighted by molar-refractivity contribution is 0.833. The predicted octanol–water partition coefficient (Wildman–Crippen LogP) is 5.58. The number of benzene rings is 2. The number of nitrogens with zero attached hydrogens (tertiary/aromatic N) is 4. The van der Waals surface area contributed by atoms with E-state index >= 15 is 0 Å². The molecule has 0 N–H and O–H groups in total. The molecule has 0 unspecified atom stereocenters. The van der Waals surface area contributed by atoms with Gasteiger partial charge in [-0.25, -0.2) is 9.36 Å². The van der Waals surface area contributed by atoms with Crippen molar-refractivity contribution < 1.29 is 0 Å². The Labute approximate surface area is 166 Å². The fraction of sp³-hybridized carbons (Fsp3) is 0.250. The van der Waals surface area contributed by atoms with Gasteiger partial charge in [0.1, 0.15) is 0 Å². The molecular formula is C24H26N4. The van der Waals surface area contributed by atoms with Crippen LogP contribution in [-0.4, -0.2) is 19.6 Å². The van der Waals surface area contributed by atoms with Crippen LogP contribution in [0.15, 0.2) is 48.5 Å². The third-order valence-corrected chi connectivity index (χ3v) is 5.86. The highest BCUT2D eigenvalue weighted by Crippen LogP contribution is 2.25. The van der Waals surface area contributed by atoms with Crippen molar-refractivity contribution in [1.82, 2.24) is 19.6 Å². The second-order valence-corrected chi connectivity index (χ2v) is 7.51. The second kappa shape index (κ2) is 6.79. The lowest BCUT2D eigenvalue weighted by Gasteiger charge is -2.09. The van der Waals surface area contributed by atoms with Gasteiger partial charge in [0.15, 0.2) is 0 Å². The fourth-order valence-electron chi connectivity index (χ4n) is 3.53. The zero-order valence-corrected chi connectivity index (χ0v) is 17.4. The van der Waals surface area contributed by atoms with Crippen LogP contribution in [0.3, 0.4) is 0 Å². The molecule has 0 saturated heterocycles. The molecule has 4 rings (SSSR count). The normalized spacial score (nSPS) is 11.2. The van der Waals surface area contributed by atoms with Crippen molar-refractivity contribution in [3.63, 3.8) is 0 Å². The van der Waals surface area contributed by atoms with Crippen molar-refractivity contribution in [3.05, 3.63) is 82.4 Å². The number of hydrogen-bond acceptors (Lipinski definition) is 2. The summed E-state index contributed by atoms with van der Waals surface area (Å²) in [4.78, 5) is 0. The van der Waals surface area contributed by atoms with Crippen molar-refractivity contribution in [2.75, 3.05) is 0 Å². The Morgan fingerprint density at radius 1 is 0.500 bits per heavy atom. The van der Waals surface area contributed by atoms with Crippen LogP contribution >= 0.6 is 0 Å². The van der Waals surface area contributed by atoms with Crippen LogP contribution in [0.5, 0.6) is 0 Å². The van der Waals surface area contributed by atoms with E-state index in [1.807, 2.05) is 9.36 Å². The maximum Gasteiger partial charge on any atom is 0.0649 e. The molecule has 0 fully saturated rings. The molecule has 4 nitrogen and oxygen atoms in total. The van der Waals surface area contributed by atoms with Crippen molar-refractivity contribution >= 4 is 0 Å². The Balaban J connectivity index is 1.63. The first-order valence-corrected chi connectivity index (χ1v) is 9.63. The summed E-state index contributed by atoms with van der Waals surface area (Å²) in [5.41, 5.74) is 11.6. The molecule has 0 spiro atoms. The van der Waals surface area contributed by atoms with Gasteiger partial charge in [-0.3, -0.25) is 0 Å². The summed E-state index contributed by atoms with van der Waals surface area (Å²) in [6.45, 7) is 12.6. The maximum absolute atomic E-state index is 4.65. The topological polar surface area (TPSA) is 35.6 Å². The molecule has 4 heteroatoms. The minimum atomic E-state index is 1.08. The van der Waals surface area contributed by atoms with Crippen LogP contribution in [-0.2, 0) is 0 Å². The molecule has 2 aromatic carbocycles. The van der Waals surface area contributed by atoms with E-state index < -0.39 is 0 Å². The zero-order chi connectivity index (χ0) is 20.0. The lowest BCUT2D eigenvalue weighted by atomic mass is 10.0. The molecule has 0 aliphatic carbocycles. The molecule has 0 amide bonds. The van der Waals surface area contributed by atoms with Crippen LogP contribution in [0.2, 0.25) is 0 Å². The molecule has 0 aliphatic rings. The highest BCUT2D eigenvalue weighted by molar-refractivity contribution is 5.66. The van der Waals surface area contributed by atoms with E-state index in [2.05, 4.69) is 100 Å². The molecular weight excluding hydrogens is 344 g/mol. The Bertz CT molecular complexity index is 1050. The van der Waals surface area contributed by atoms with Crippen molar-refractivity contribution in [1.29, 1.82) is 0 Å². The number of rotatable bonds is 3. The van der Waals surface area contributed by atoms with E-state index in [1.54, 1.807) is 0 Å². The Hall–Kier alpha value is -3.14. The van der Waals surface area contributed by atoms with E-state index in [0.29, 0.717) is 0 Å². The Kier molecular flexibility index (Phi) is 4.42. The van der Waals surface area contributed by atoms with Crippen LogP contribution < -0.4 is 0 Å². The van der Waals surface area contributed by atoms with E-state index in [1.165, 1.54) is 33.6 Å². The molecule has 0 saturated carbocycles. The highest BCUT2D eigenvalue weighted by Gasteiger charge is 2.10. The summed E-state index contributed by atoms with van der Waals surface area (Å²) >= 11 is 0. The highest BCUT2D eigenvalue weighted by atomic mass is 15.3. The molecule has 2 aromatic heterocycles. The van der Waals surface area contributed by atoms with Crippen molar-refractivity contribution in [2.24, 2.45) is 0 Å². The van der Waals surface area contributed by atoms with Crippen LogP contribution in [0.25, 0.3) is 22.5 Å². The third kappa shape index (κ3) is 2.95. The van der Waals surface area contributed by atoms with Gasteiger partial charge in [0.05, 0.1) is 22.8 Å². The largest absolute Gasteiger partial charge is 0.238 e. The molecule has 0 aliphatic heterocycles. The van der Waals surface area contributed by atoms with Gasteiger partial charge in [-0.05, 0) is 88.1 Å². The van der Waals surface area contributed by atoms with Gasteiger partial charge in [-0.2, -0.15) is 10.2 Å². The summed E-state index contributed by atoms with van der Waals surface area (Å²) in [7, 11) is 0. The Morgan fingerprint density at radius 2 is 0.821 bits per heavy atom. The van der Waals surface area contributed by atoms with E-state index in [4.69, 9.17) is 0 Å². The lowest BCUT2D eigenvalue weighted by Crippen LogP contribution is -1.99. The van der Waals surface area contributed by atoms with Crippen molar-refractivity contribution in [3.8, 4) is 22.5 Å². The minimum Gasteiger partial charge on any atom is -0.238 e. The first kappa shape index (κ1) is 18.2. The number of aryl methyl sites for hydroxylation is 2. The summed E-state index contributed by atoms with van der Waals surface area (Å²) in [6.07, 6.45) is 0. The van der Waals surface area contributed by atoms with Crippen LogP contribution in [0.4, 0.5) is 0 Å². The summed E-state index contributed by atoms with van der Waals surface area (Å²) in [5.74, 6) is 0. The predicted molar refractivity (Wildman–Crippen MR) is 115 cm³/mol. The quantitative estimate of drug-likeness (QED) is 0.472. The van der Waals surface area contributed by atoms with Gasteiger partial charge in [-0.1, -0.05) is 24.3 Å².